The lowest BCUT2D eigenvalue weighted by Crippen LogP contribution is -2.42. The molecule has 108 valence electrons. The summed E-state index contributed by atoms with van der Waals surface area (Å²) in [6, 6.07) is 0. The van der Waals surface area contributed by atoms with Gasteiger partial charge in [0, 0.05) is 19.6 Å². The van der Waals surface area contributed by atoms with E-state index in [1.807, 2.05) is 4.90 Å². The molecular weight excluding hydrogens is 244 g/mol. The van der Waals surface area contributed by atoms with E-state index in [4.69, 9.17) is 4.74 Å². The van der Waals surface area contributed by atoms with E-state index < -0.39 is 0 Å². The van der Waals surface area contributed by atoms with Gasteiger partial charge in [0.05, 0.1) is 25.0 Å². The first kappa shape index (κ1) is 14.3. The van der Waals surface area contributed by atoms with E-state index in [0.29, 0.717) is 45.2 Å². The molecule has 1 N–H and O–H groups in total. The van der Waals surface area contributed by atoms with Crippen molar-refractivity contribution in [3.8, 4) is 0 Å². The molecule has 2 unspecified atom stereocenters. The smallest absolute Gasteiger partial charge is 0.226 e. The molecule has 0 aromatic rings. The molecule has 19 heavy (non-hydrogen) atoms. The van der Waals surface area contributed by atoms with E-state index >= 15 is 0 Å². The Hall–Kier alpha value is -1.10. The molecule has 5 nitrogen and oxygen atoms in total. The Bertz CT molecular complexity index is 338. The van der Waals surface area contributed by atoms with Gasteiger partial charge in [0.25, 0.3) is 0 Å². The van der Waals surface area contributed by atoms with Gasteiger partial charge in [-0.2, -0.15) is 0 Å². The summed E-state index contributed by atoms with van der Waals surface area (Å²) in [6.07, 6.45) is 1.70. The van der Waals surface area contributed by atoms with Gasteiger partial charge in [-0.05, 0) is 18.8 Å². The van der Waals surface area contributed by atoms with Gasteiger partial charge >= 0.3 is 0 Å². The quantitative estimate of drug-likeness (QED) is 0.796. The summed E-state index contributed by atoms with van der Waals surface area (Å²) in [6.45, 7) is 7.54. The van der Waals surface area contributed by atoms with Gasteiger partial charge in [-0.1, -0.05) is 13.8 Å². The topological polar surface area (TPSA) is 58.6 Å². The highest BCUT2D eigenvalue weighted by Crippen LogP contribution is 2.40. The van der Waals surface area contributed by atoms with E-state index in [0.717, 1.165) is 6.42 Å². The van der Waals surface area contributed by atoms with Crippen molar-refractivity contribution < 1.29 is 14.3 Å². The number of ether oxygens (including phenoxy) is 1. The molecule has 0 aromatic heterocycles. The second-order valence-corrected chi connectivity index (χ2v) is 5.86. The van der Waals surface area contributed by atoms with Crippen LogP contribution in [0.3, 0.4) is 0 Å². The summed E-state index contributed by atoms with van der Waals surface area (Å²) >= 11 is 0. The Morgan fingerprint density at radius 3 is 2.58 bits per heavy atom. The van der Waals surface area contributed by atoms with Gasteiger partial charge in [0.1, 0.15) is 0 Å². The first-order valence-electron chi connectivity index (χ1n) is 7.24. The van der Waals surface area contributed by atoms with Crippen LogP contribution in [0.25, 0.3) is 0 Å². The molecule has 1 heterocycles. The van der Waals surface area contributed by atoms with Gasteiger partial charge < -0.3 is 15.0 Å². The SMILES string of the molecule is CC(C)CCNC(=O)C1CC1C(=O)N1CCOCC1. The van der Waals surface area contributed by atoms with Crippen LogP contribution in [0.4, 0.5) is 0 Å². The number of rotatable bonds is 5. The van der Waals surface area contributed by atoms with Crippen LogP contribution in [-0.4, -0.2) is 49.6 Å². The summed E-state index contributed by atoms with van der Waals surface area (Å²) in [7, 11) is 0. The largest absolute Gasteiger partial charge is 0.378 e. The molecular formula is C14H24N2O3. The highest BCUT2D eigenvalue weighted by atomic mass is 16.5. The van der Waals surface area contributed by atoms with E-state index in [9.17, 15) is 9.59 Å². The van der Waals surface area contributed by atoms with Gasteiger partial charge in [-0.15, -0.1) is 0 Å². The number of carbonyl (C=O) groups is 2. The Morgan fingerprint density at radius 1 is 1.26 bits per heavy atom. The summed E-state index contributed by atoms with van der Waals surface area (Å²) in [5.74, 6) is 0.588. The van der Waals surface area contributed by atoms with Gasteiger partial charge in [0.2, 0.25) is 11.8 Å². The maximum atomic E-state index is 12.1. The minimum atomic E-state index is -0.0949. The molecule has 1 saturated carbocycles. The van der Waals surface area contributed by atoms with Crippen LogP contribution in [0, 0.1) is 17.8 Å². The standard InChI is InChI=1S/C14H24N2O3/c1-10(2)3-4-15-13(17)11-9-12(11)14(18)16-5-7-19-8-6-16/h10-12H,3-9H2,1-2H3,(H,15,17). The van der Waals surface area contributed by atoms with E-state index in [1.165, 1.54) is 0 Å². The minimum Gasteiger partial charge on any atom is -0.378 e. The number of hydrogen-bond acceptors (Lipinski definition) is 3. The maximum absolute atomic E-state index is 12.1. The number of morpholine rings is 1. The molecule has 0 bridgehead atoms. The highest BCUT2D eigenvalue weighted by molar-refractivity contribution is 5.92. The van der Waals surface area contributed by atoms with Crippen molar-refractivity contribution in [2.45, 2.75) is 26.7 Å². The van der Waals surface area contributed by atoms with Crippen LogP contribution in [0.5, 0.6) is 0 Å². The molecule has 2 rings (SSSR count). The summed E-state index contributed by atoms with van der Waals surface area (Å²) in [5.41, 5.74) is 0. The molecule has 1 aliphatic carbocycles. The molecule has 1 aliphatic heterocycles. The predicted molar refractivity (Wildman–Crippen MR) is 71.5 cm³/mol. The average Bonchev–Trinajstić information content (AvgIpc) is 3.18. The molecule has 2 atom stereocenters. The summed E-state index contributed by atoms with van der Waals surface area (Å²) < 4.78 is 5.23. The van der Waals surface area contributed by atoms with Crippen LogP contribution >= 0.6 is 0 Å². The maximum Gasteiger partial charge on any atom is 0.226 e. The molecule has 0 aromatic carbocycles. The molecule has 2 aliphatic rings. The number of carbonyl (C=O) groups excluding carboxylic acids is 2. The van der Waals surface area contributed by atoms with E-state index in [1.54, 1.807) is 0 Å². The highest BCUT2D eigenvalue weighted by Gasteiger charge is 2.49. The molecule has 2 fully saturated rings. The van der Waals surface area contributed by atoms with E-state index in [2.05, 4.69) is 19.2 Å². The lowest BCUT2D eigenvalue weighted by molar-refractivity contribution is -0.138. The zero-order valence-electron chi connectivity index (χ0n) is 11.9. The van der Waals surface area contributed by atoms with Crippen LogP contribution in [0.1, 0.15) is 26.7 Å². The van der Waals surface area contributed by atoms with Gasteiger partial charge in [-0.25, -0.2) is 0 Å². The second kappa shape index (κ2) is 6.37. The van der Waals surface area contributed by atoms with Gasteiger partial charge in [0.15, 0.2) is 0 Å². The van der Waals surface area contributed by atoms with Gasteiger partial charge in [-0.3, -0.25) is 9.59 Å². The zero-order valence-corrected chi connectivity index (χ0v) is 11.9. The third-order valence-corrected chi connectivity index (χ3v) is 3.79. The van der Waals surface area contributed by atoms with Crippen LogP contribution in [-0.2, 0) is 14.3 Å². The number of amides is 2. The predicted octanol–water partition coefficient (Wildman–Crippen LogP) is 0.644. The van der Waals surface area contributed by atoms with E-state index in [-0.39, 0.29) is 23.7 Å². The fourth-order valence-electron chi connectivity index (χ4n) is 2.39. The molecule has 1 saturated heterocycles. The van der Waals surface area contributed by atoms with Crippen molar-refractivity contribution in [1.29, 1.82) is 0 Å². The Morgan fingerprint density at radius 2 is 1.95 bits per heavy atom. The Kier molecular flexibility index (Phi) is 4.80. The normalized spacial score (nSPS) is 26.4. The lowest BCUT2D eigenvalue weighted by atomic mass is 10.1. The molecule has 0 spiro atoms. The fraction of sp³-hybridized carbons (Fsp3) is 0.857. The van der Waals surface area contributed by atoms with Crippen molar-refractivity contribution in [1.82, 2.24) is 10.2 Å². The van der Waals surface area contributed by atoms with Crippen molar-refractivity contribution in [3.05, 3.63) is 0 Å². The first-order chi connectivity index (χ1) is 9.09. The number of hydrogen-bond donors (Lipinski definition) is 1. The number of nitrogens with zero attached hydrogens (tertiary/aromatic N) is 1. The molecule has 0 radical (unpaired) electrons. The fourth-order valence-corrected chi connectivity index (χ4v) is 2.39. The van der Waals surface area contributed by atoms with Crippen molar-refractivity contribution in [3.63, 3.8) is 0 Å². The molecule has 5 heteroatoms. The zero-order chi connectivity index (χ0) is 13.8. The minimum absolute atomic E-state index is 0.0484. The van der Waals surface area contributed by atoms with Crippen molar-refractivity contribution in [2.75, 3.05) is 32.8 Å². The third-order valence-electron chi connectivity index (χ3n) is 3.79. The van der Waals surface area contributed by atoms with Crippen LogP contribution in [0.2, 0.25) is 0 Å². The third kappa shape index (κ3) is 3.93. The first-order valence-corrected chi connectivity index (χ1v) is 7.24. The number of nitrogens with one attached hydrogen (secondary N) is 1. The lowest BCUT2D eigenvalue weighted by Gasteiger charge is -2.27. The Labute approximate surface area is 114 Å². The Balaban J connectivity index is 1.70. The summed E-state index contributed by atoms with van der Waals surface area (Å²) in [5, 5.41) is 2.93. The van der Waals surface area contributed by atoms with Crippen LogP contribution in [0.15, 0.2) is 0 Å². The average molecular weight is 268 g/mol. The monoisotopic (exact) mass is 268 g/mol. The second-order valence-electron chi connectivity index (χ2n) is 5.86. The van der Waals surface area contributed by atoms with Crippen molar-refractivity contribution in [2.24, 2.45) is 17.8 Å². The summed E-state index contributed by atoms with van der Waals surface area (Å²) in [4.78, 5) is 25.9. The molecule has 2 amide bonds. The van der Waals surface area contributed by atoms with Crippen molar-refractivity contribution >= 4 is 11.8 Å². The van der Waals surface area contributed by atoms with Crippen LogP contribution < -0.4 is 5.32 Å².